The van der Waals surface area contributed by atoms with Crippen molar-refractivity contribution in [3.63, 3.8) is 0 Å². The van der Waals surface area contributed by atoms with E-state index in [2.05, 4.69) is 29.6 Å². The Morgan fingerprint density at radius 2 is 1.78 bits per heavy atom. The predicted molar refractivity (Wildman–Crippen MR) is 106 cm³/mol. The first-order chi connectivity index (χ1) is 13.2. The SMILES string of the molecule is CC(NC(=O)CCc1cccc2ccccc12)c1ccc2c(c1)OCCO2. The van der Waals surface area contributed by atoms with Crippen LogP contribution in [0.5, 0.6) is 11.5 Å². The molecule has 0 fully saturated rings. The van der Waals surface area contributed by atoms with E-state index in [1.54, 1.807) is 0 Å². The van der Waals surface area contributed by atoms with E-state index in [4.69, 9.17) is 9.47 Å². The minimum Gasteiger partial charge on any atom is -0.486 e. The average Bonchev–Trinajstić information content (AvgIpc) is 2.71. The van der Waals surface area contributed by atoms with Crippen LogP contribution < -0.4 is 14.8 Å². The van der Waals surface area contributed by atoms with Gasteiger partial charge in [0.1, 0.15) is 13.2 Å². The lowest BCUT2D eigenvalue weighted by Gasteiger charge is -2.21. The van der Waals surface area contributed by atoms with Gasteiger partial charge in [0.25, 0.3) is 0 Å². The van der Waals surface area contributed by atoms with Crippen LogP contribution in [0.1, 0.15) is 30.5 Å². The quantitative estimate of drug-likeness (QED) is 0.732. The molecule has 1 atom stereocenters. The maximum absolute atomic E-state index is 12.5. The van der Waals surface area contributed by atoms with Crippen LogP contribution in [0.25, 0.3) is 10.8 Å². The summed E-state index contributed by atoms with van der Waals surface area (Å²) in [7, 11) is 0. The largest absolute Gasteiger partial charge is 0.486 e. The molecule has 1 aliphatic rings. The molecule has 0 saturated carbocycles. The molecule has 1 heterocycles. The van der Waals surface area contributed by atoms with Crippen molar-refractivity contribution in [3.8, 4) is 11.5 Å². The Bertz CT molecular complexity index is 961. The highest BCUT2D eigenvalue weighted by Crippen LogP contribution is 2.32. The van der Waals surface area contributed by atoms with Crippen LogP contribution in [0.2, 0.25) is 0 Å². The van der Waals surface area contributed by atoms with E-state index in [1.807, 2.05) is 43.3 Å². The van der Waals surface area contributed by atoms with E-state index in [0.29, 0.717) is 19.6 Å². The maximum atomic E-state index is 12.5. The lowest BCUT2D eigenvalue weighted by Crippen LogP contribution is -2.27. The van der Waals surface area contributed by atoms with Crippen LogP contribution in [0, 0.1) is 0 Å². The summed E-state index contributed by atoms with van der Waals surface area (Å²) >= 11 is 0. The predicted octanol–water partition coefficient (Wildman–Crippen LogP) is 4.42. The van der Waals surface area contributed by atoms with E-state index in [1.165, 1.54) is 16.3 Å². The number of nitrogens with one attached hydrogen (secondary N) is 1. The van der Waals surface area contributed by atoms with Gasteiger partial charge in [-0.1, -0.05) is 48.5 Å². The molecule has 0 radical (unpaired) electrons. The number of carbonyl (C=O) groups excluding carboxylic acids is 1. The van der Waals surface area contributed by atoms with E-state index < -0.39 is 0 Å². The molecule has 3 aromatic carbocycles. The van der Waals surface area contributed by atoms with Gasteiger partial charge in [-0.05, 0) is 47.4 Å². The molecule has 0 bridgehead atoms. The zero-order valence-corrected chi connectivity index (χ0v) is 15.4. The summed E-state index contributed by atoms with van der Waals surface area (Å²) in [4.78, 5) is 12.5. The number of ether oxygens (including phenoxy) is 2. The van der Waals surface area contributed by atoms with E-state index >= 15 is 0 Å². The van der Waals surface area contributed by atoms with Crippen molar-refractivity contribution in [1.82, 2.24) is 5.32 Å². The molecule has 1 N–H and O–H groups in total. The molecule has 0 saturated heterocycles. The molecular weight excluding hydrogens is 338 g/mol. The fraction of sp³-hybridized carbons (Fsp3) is 0.261. The molecule has 1 unspecified atom stereocenters. The second kappa shape index (κ2) is 7.70. The molecule has 1 aliphatic heterocycles. The van der Waals surface area contributed by atoms with E-state index in [-0.39, 0.29) is 11.9 Å². The van der Waals surface area contributed by atoms with E-state index in [0.717, 1.165) is 23.5 Å². The number of carbonyl (C=O) groups is 1. The summed E-state index contributed by atoms with van der Waals surface area (Å²) in [5.41, 5.74) is 2.22. The van der Waals surface area contributed by atoms with Crippen molar-refractivity contribution in [2.75, 3.05) is 13.2 Å². The average molecular weight is 361 g/mol. The summed E-state index contributed by atoms with van der Waals surface area (Å²) in [5.74, 6) is 1.56. The van der Waals surface area contributed by atoms with Gasteiger partial charge >= 0.3 is 0 Å². The second-order valence-corrected chi connectivity index (χ2v) is 6.83. The first-order valence-electron chi connectivity index (χ1n) is 9.36. The van der Waals surface area contributed by atoms with Crippen molar-refractivity contribution in [2.45, 2.75) is 25.8 Å². The van der Waals surface area contributed by atoms with Crippen LogP contribution in [0.4, 0.5) is 0 Å². The maximum Gasteiger partial charge on any atom is 0.220 e. The number of benzene rings is 3. The van der Waals surface area contributed by atoms with Gasteiger partial charge in [-0.2, -0.15) is 0 Å². The third kappa shape index (κ3) is 3.90. The molecular formula is C23H23NO3. The highest BCUT2D eigenvalue weighted by Gasteiger charge is 2.16. The van der Waals surface area contributed by atoms with Gasteiger partial charge in [0.2, 0.25) is 5.91 Å². The van der Waals surface area contributed by atoms with E-state index in [9.17, 15) is 4.79 Å². The Morgan fingerprint density at radius 3 is 2.67 bits per heavy atom. The molecule has 4 nitrogen and oxygen atoms in total. The number of hydrogen-bond donors (Lipinski definition) is 1. The third-order valence-corrected chi connectivity index (χ3v) is 4.95. The molecule has 4 heteroatoms. The highest BCUT2D eigenvalue weighted by atomic mass is 16.6. The van der Waals surface area contributed by atoms with Gasteiger partial charge in [-0.3, -0.25) is 4.79 Å². The second-order valence-electron chi connectivity index (χ2n) is 6.83. The summed E-state index contributed by atoms with van der Waals surface area (Å²) in [6.07, 6.45) is 1.18. The van der Waals surface area contributed by atoms with Crippen LogP contribution in [0.15, 0.2) is 60.7 Å². The van der Waals surface area contributed by atoms with Crippen molar-refractivity contribution >= 4 is 16.7 Å². The molecule has 4 rings (SSSR count). The normalized spacial score (nSPS) is 14.0. The van der Waals surface area contributed by atoms with Gasteiger partial charge in [-0.25, -0.2) is 0 Å². The zero-order valence-electron chi connectivity index (χ0n) is 15.4. The van der Waals surface area contributed by atoms with Crippen molar-refractivity contribution in [2.24, 2.45) is 0 Å². The Labute approximate surface area is 159 Å². The Kier molecular flexibility index (Phi) is 4.97. The first-order valence-corrected chi connectivity index (χ1v) is 9.36. The Morgan fingerprint density at radius 1 is 1.00 bits per heavy atom. The number of amides is 1. The summed E-state index contributed by atoms with van der Waals surface area (Å²) in [6, 6.07) is 20.3. The van der Waals surface area contributed by atoms with Gasteiger partial charge in [0.05, 0.1) is 6.04 Å². The lowest BCUT2D eigenvalue weighted by atomic mass is 10.0. The lowest BCUT2D eigenvalue weighted by molar-refractivity contribution is -0.121. The summed E-state index contributed by atoms with van der Waals surface area (Å²) < 4.78 is 11.2. The summed E-state index contributed by atoms with van der Waals surface area (Å²) in [5, 5.41) is 5.51. The van der Waals surface area contributed by atoms with Crippen molar-refractivity contribution < 1.29 is 14.3 Å². The zero-order chi connectivity index (χ0) is 18.6. The Hall–Kier alpha value is -3.01. The number of hydrogen-bond acceptors (Lipinski definition) is 3. The first kappa shape index (κ1) is 17.4. The smallest absolute Gasteiger partial charge is 0.220 e. The molecule has 0 spiro atoms. The highest BCUT2D eigenvalue weighted by molar-refractivity contribution is 5.86. The third-order valence-electron chi connectivity index (χ3n) is 4.95. The number of fused-ring (bicyclic) bond motifs is 2. The number of rotatable bonds is 5. The van der Waals surface area contributed by atoms with Crippen molar-refractivity contribution in [1.29, 1.82) is 0 Å². The van der Waals surface area contributed by atoms with Gasteiger partial charge in [0.15, 0.2) is 11.5 Å². The van der Waals surface area contributed by atoms with Gasteiger partial charge in [-0.15, -0.1) is 0 Å². The molecule has 138 valence electrons. The minimum absolute atomic E-state index is 0.0466. The van der Waals surface area contributed by atoms with Crippen LogP contribution >= 0.6 is 0 Å². The standard InChI is InChI=1S/C23H23NO3/c1-16(19-9-11-21-22(15-19)27-14-13-26-21)24-23(25)12-10-18-7-4-6-17-5-2-3-8-20(17)18/h2-9,11,15-16H,10,12-14H2,1H3,(H,24,25). The van der Waals surface area contributed by atoms with Gasteiger partial charge < -0.3 is 14.8 Å². The fourth-order valence-electron chi connectivity index (χ4n) is 3.48. The molecule has 1 amide bonds. The van der Waals surface area contributed by atoms with Crippen LogP contribution in [-0.2, 0) is 11.2 Å². The fourth-order valence-corrected chi connectivity index (χ4v) is 3.48. The van der Waals surface area contributed by atoms with Crippen molar-refractivity contribution in [3.05, 3.63) is 71.8 Å². The van der Waals surface area contributed by atoms with Crippen LogP contribution in [0.3, 0.4) is 0 Å². The summed E-state index contributed by atoms with van der Waals surface area (Å²) in [6.45, 7) is 3.12. The molecule has 0 aliphatic carbocycles. The minimum atomic E-state index is -0.0826. The topological polar surface area (TPSA) is 47.6 Å². The monoisotopic (exact) mass is 361 g/mol. The molecule has 3 aromatic rings. The molecule has 0 aromatic heterocycles. The number of aryl methyl sites for hydroxylation is 1. The molecule has 27 heavy (non-hydrogen) atoms. The van der Waals surface area contributed by atoms with Crippen LogP contribution in [-0.4, -0.2) is 19.1 Å². The Balaban J connectivity index is 1.39. The van der Waals surface area contributed by atoms with Gasteiger partial charge in [0, 0.05) is 6.42 Å².